The Hall–Kier alpha value is -0.370. The van der Waals surface area contributed by atoms with Crippen LogP contribution in [0.25, 0.3) is 0 Å². The summed E-state index contributed by atoms with van der Waals surface area (Å²) in [7, 11) is 0. The first-order valence-corrected chi connectivity index (χ1v) is 6.15. The molecule has 1 N–H and O–H groups in total. The van der Waals surface area contributed by atoms with E-state index in [2.05, 4.69) is 39.9 Å². The second kappa shape index (κ2) is 4.48. The molecule has 0 aromatic rings. The average molecular weight is 227 g/mol. The number of hydrogen-bond acceptors (Lipinski definition) is 2. The summed E-state index contributed by atoms with van der Waals surface area (Å²) >= 11 is 0. The quantitative estimate of drug-likeness (QED) is 0.800. The summed E-state index contributed by atoms with van der Waals surface area (Å²) in [4.78, 5) is 12.5. The molecule has 0 spiro atoms. The first-order valence-electron chi connectivity index (χ1n) is 6.15. The highest BCUT2D eigenvalue weighted by molar-refractivity contribution is 5.92. The number of rotatable bonds is 3. The third-order valence-electron chi connectivity index (χ3n) is 2.94. The molecule has 0 aromatic heterocycles. The van der Waals surface area contributed by atoms with Crippen molar-refractivity contribution < 1.29 is 4.79 Å². The number of carbonyl (C=O) groups excluding carboxylic acids is 1. The number of Topliss-reactive ketones (excluding diaryl/α,β-unsaturated/α-hetero) is 1. The van der Waals surface area contributed by atoms with E-state index in [1.54, 1.807) is 0 Å². The van der Waals surface area contributed by atoms with E-state index in [4.69, 9.17) is 0 Å². The molecule has 0 aliphatic heterocycles. The molecule has 1 atom stereocenters. The van der Waals surface area contributed by atoms with E-state index in [1.807, 2.05) is 27.7 Å². The maximum Gasteiger partial charge on any atom is 0.158 e. The molecular formula is C14H29NO. The molecule has 0 aromatic carbocycles. The van der Waals surface area contributed by atoms with Crippen molar-refractivity contribution in [1.82, 2.24) is 5.32 Å². The van der Waals surface area contributed by atoms with Crippen molar-refractivity contribution in [3.05, 3.63) is 0 Å². The molecule has 0 bridgehead atoms. The molecule has 16 heavy (non-hydrogen) atoms. The molecule has 0 radical (unpaired) electrons. The predicted molar refractivity (Wildman–Crippen MR) is 70.6 cm³/mol. The average Bonchev–Trinajstić information content (AvgIpc) is 1.97. The summed E-state index contributed by atoms with van der Waals surface area (Å²) in [5, 5.41) is 3.49. The molecule has 0 fully saturated rings. The van der Waals surface area contributed by atoms with Crippen LogP contribution < -0.4 is 5.32 Å². The highest BCUT2D eigenvalue weighted by atomic mass is 16.1. The number of carbonyl (C=O) groups is 1. The minimum Gasteiger partial charge on any atom is -0.300 e. The SMILES string of the molecule is CC(C)[C@@](C)(NC(C)(C)C)C(=O)C(C)(C)C. The molecule has 2 nitrogen and oxygen atoms in total. The van der Waals surface area contributed by atoms with Crippen molar-refractivity contribution in [1.29, 1.82) is 0 Å². The lowest BCUT2D eigenvalue weighted by molar-refractivity contribution is -0.135. The van der Waals surface area contributed by atoms with Gasteiger partial charge in [-0.25, -0.2) is 0 Å². The fourth-order valence-corrected chi connectivity index (χ4v) is 2.02. The zero-order valence-electron chi connectivity index (χ0n) is 12.5. The smallest absolute Gasteiger partial charge is 0.158 e. The Labute approximate surface area is 101 Å². The van der Waals surface area contributed by atoms with Gasteiger partial charge in [-0.2, -0.15) is 0 Å². The van der Waals surface area contributed by atoms with Gasteiger partial charge in [-0.05, 0) is 33.6 Å². The Morgan fingerprint density at radius 3 is 1.50 bits per heavy atom. The van der Waals surface area contributed by atoms with Gasteiger partial charge in [0, 0.05) is 11.0 Å². The summed E-state index contributed by atoms with van der Waals surface area (Å²) in [6.07, 6.45) is 0. The topological polar surface area (TPSA) is 29.1 Å². The molecule has 0 saturated heterocycles. The molecule has 0 heterocycles. The van der Waals surface area contributed by atoms with Gasteiger partial charge >= 0.3 is 0 Å². The standard InChI is InChI=1S/C14H29NO/c1-10(2)14(9,15-13(6,7)8)11(16)12(3,4)5/h10,15H,1-9H3/t14-/m1/s1. The van der Waals surface area contributed by atoms with Crippen LogP contribution in [0.5, 0.6) is 0 Å². The van der Waals surface area contributed by atoms with Crippen LogP contribution in [0.3, 0.4) is 0 Å². The van der Waals surface area contributed by atoms with Gasteiger partial charge in [-0.1, -0.05) is 34.6 Å². The van der Waals surface area contributed by atoms with Gasteiger partial charge in [-0.3, -0.25) is 4.79 Å². The maximum atomic E-state index is 12.5. The molecule has 2 heteroatoms. The number of hydrogen-bond donors (Lipinski definition) is 1. The molecular weight excluding hydrogens is 198 g/mol. The van der Waals surface area contributed by atoms with Gasteiger partial charge in [0.25, 0.3) is 0 Å². The maximum absolute atomic E-state index is 12.5. The van der Waals surface area contributed by atoms with Gasteiger partial charge < -0.3 is 5.32 Å². The van der Waals surface area contributed by atoms with Gasteiger partial charge in [-0.15, -0.1) is 0 Å². The van der Waals surface area contributed by atoms with Crippen molar-refractivity contribution >= 4 is 5.78 Å². The Bertz CT molecular complexity index is 255. The molecule has 0 saturated carbocycles. The summed E-state index contributed by atoms with van der Waals surface area (Å²) in [5.41, 5.74) is -0.826. The van der Waals surface area contributed by atoms with Crippen LogP contribution in [0, 0.1) is 11.3 Å². The van der Waals surface area contributed by atoms with Gasteiger partial charge in [0.15, 0.2) is 5.78 Å². The normalized spacial score (nSPS) is 17.4. The number of nitrogens with one attached hydrogen (secondary N) is 1. The van der Waals surface area contributed by atoms with Crippen molar-refractivity contribution in [2.24, 2.45) is 11.3 Å². The zero-order chi connectivity index (χ0) is 13.4. The minimum absolute atomic E-state index is 0.0556. The largest absolute Gasteiger partial charge is 0.300 e. The van der Waals surface area contributed by atoms with E-state index in [9.17, 15) is 4.79 Å². The van der Waals surface area contributed by atoms with Crippen LogP contribution >= 0.6 is 0 Å². The van der Waals surface area contributed by atoms with Crippen LogP contribution in [0.2, 0.25) is 0 Å². The Balaban J connectivity index is 5.22. The summed E-state index contributed by atoms with van der Waals surface area (Å²) < 4.78 is 0. The summed E-state index contributed by atoms with van der Waals surface area (Å²) in [6, 6.07) is 0. The first kappa shape index (κ1) is 15.6. The van der Waals surface area contributed by atoms with Gasteiger partial charge in [0.05, 0.1) is 5.54 Å². The van der Waals surface area contributed by atoms with Gasteiger partial charge in [0.2, 0.25) is 0 Å². The van der Waals surface area contributed by atoms with Crippen molar-refractivity contribution in [3.8, 4) is 0 Å². The lowest BCUT2D eigenvalue weighted by atomic mass is 9.72. The fraction of sp³-hybridized carbons (Fsp3) is 0.929. The Morgan fingerprint density at radius 1 is 0.938 bits per heavy atom. The fourth-order valence-electron chi connectivity index (χ4n) is 2.02. The van der Waals surface area contributed by atoms with Crippen molar-refractivity contribution in [2.45, 2.75) is 73.4 Å². The van der Waals surface area contributed by atoms with E-state index in [0.29, 0.717) is 0 Å². The van der Waals surface area contributed by atoms with Gasteiger partial charge in [0.1, 0.15) is 0 Å². The predicted octanol–water partition coefficient (Wildman–Crippen LogP) is 3.40. The molecule has 0 aliphatic rings. The lowest BCUT2D eigenvalue weighted by Crippen LogP contribution is -2.62. The summed E-state index contributed by atoms with van der Waals surface area (Å²) in [5.74, 6) is 0.559. The van der Waals surface area contributed by atoms with Crippen LogP contribution in [0.4, 0.5) is 0 Å². The van der Waals surface area contributed by atoms with E-state index < -0.39 is 5.54 Å². The molecule has 0 amide bonds. The lowest BCUT2D eigenvalue weighted by Gasteiger charge is -2.43. The van der Waals surface area contributed by atoms with Crippen LogP contribution in [0.1, 0.15) is 62.3 Å². The van der Waals surface area contributed by atoms with E-state index >= 15 is 0 Å². The van der Waals surface area contributed by atoms with Crippen LogP contribution in [-0.2, 0) is 4.79 Å². The highest BCUT2D eigenvalue weighted by Crippen LogP contribution is 2.30. The van der Waals surface area contributed by atoms with E-state index in [0.717, 1.165) is 0 Å². The Kier molecular flexibility index (Phi) is 4.38. The van der Waals surface area contributed by atoms with Crippen LogP contribution in [0.15, 0.2) is 0 Å². The monoisotopic (exact) mass is 227 g/mol. The zero-order valence-corrected chi connectivity index (χ0v) is 12.5. The third kappa shape index (κ3) is 3.89. The van der Waals surface area contributed by atoms with E-state index in [-0.39, 0.29) is 22.7 Å². The van der Waals surface area contributed by atoms with Crippen molar-refractivity contribution in [3.63, 3.8) is 0 Å². The highest BCUT2D eigenvalue weighted by Gasteiger charge is 2.43. The number of ketones is 1. The second-order valence-corrected chi connectivity index (χ2v) is 7.31. The molecule has 96 valence electrons. The minimum atomic E-state index is -0.462. The van der Waals surface area contributed by atoms with Crippen LogP contribution in [-0.4, -0.2) is 16.9 Å². The van der Waals surface area contributed by atoms with Crippen molar-refractivity contribution in [2.75, 3.05) is 0 Å². The molecule has 0 rings (SSSR count). The third-order valence-corrected chi connectivity index (χ3v) is 2.94. The molecule has 0 unspecified atom stereocenters. The Morgan fingerprint density at radius 2 is 1.31 bits per heavy atom. The molecule has 0 aliphatic carbocycles. The first-order chi connectivity index (χ1) is 6.81. The van der Waals surface area contributed by atoms with E-state index in [1.165, 1.54) is 0 Å². The second-order valence-electron chi connectivity index (χ2n) is 7.31. The summed E-state index contributed by atoms with van der Waals surface area (Å²) in [6.45, 7) is 18.5.